The largest absolute Gasteiger partial charge is 0.867 e. The first-order valence-corrected chi connectivity index (χ1v) is 7.10. The predicted octanol–water partition coefficient (Wildman–Crippen LogP) is 1.99. The Labute approximate surface area is 145 Å². The topological polar surface area (TPSA) is 117 Å². The van der Waals surface area contributed by atoms with Crippen LogP contribution < -0.4 is 15.3 Å². The number of hydrogen-bond donors (Lipinski definition) is 1. The first-order valence-electron chi connectivity index (χ1n) is 6.72. The van der Waals surface area contributed by atoms with Crippen LogP contribution in [-0.4, -0.2) is 23.7 Å². The molecular weight excluding hydrogens is 357 g/mol. The van der Waals surface area contributed by atoms with Gasteiger partial charge in [-0.25, -0.2) is 9.82 Å². The zero-order chi connectivity index (χ0) is 18.4. The number of nitrogens with zero attached hydrogens (tertiary/aromatic N) is 2. The van der Waals surface area contributed by atoms with Crippen molar-refractivity contribution in [3.05, 3.63) is 62.9 Å². The molecule has 0 spiro atoms. The maximum absolute atomic E-state index is 13.3. The summed E-state index contributed by atoms with van der Waals surface area (Å²) in [5.41, 5.74) is 1.17. The van der Waals surface area contributed by atoms with E-state index in [0.29, 0.717) is 0 Å². The van der Waals surface area contributed by atoms with E-state index in [1.165, 1.54) is 30.3 Å². The van der Waals surface area contributed by atoms with Crippen LogP contribution in [0.25, 0.3) is 0 Å². The predicted molar refractivity (Wildman–Crippen MR) is 85.2 cm³/mol. The maximum atomic E-state index is 13.3. The van der Waals surface area contributed by atoms with Crippen LogP contribution in [0.15, 0.2) is 41.5 Å². The lowest BCUT2D eigenvalue weighted by atomic mass is 10.2. The summed E-state index contributed by atoms with van der Waals surface area (Å²) in [6, 6.07) is 7.62. The summed E-state index contributed by atoms with van der Waals surface area (Å²) < 4.78 is 18.3. The lowest BCUT2D eigenvalue weighted by Crippen LogP contribution is -2.24. The summed E-state index contributed by atoms with van der Waals surface area (Å²) in [6.45, 7) is -0.516. The Bertz CT molecular complexity index is 844. The minimum Gasteiger partial charge on any atom is -0.867 e. The van der Waals surface area contributed by atoms with E-state index in [2.05, 4.69) is 5.10 Å². The molecule has 1 N–H and O–H groups in total. The molecule has 0 aliphatic rings. The molecule has 0 aromatic heterocycles. The fourth-order valence-electron chi connectivity index (χ4n) is 1.74. The fraction of sp³-hybridized carbons (Fsp3) is 0.0667. The molecule has 0 radical (unpaired) electrons. The molecule has 2 aromatic carbocycles. The van der Waals surface area contributed by atoms with Gasteiger partial charge in [-0.2, -0.15) is 5.10 Å². The van der Waals surface area contributed by atoms with E-state index in [9.17, 15) is 24.4 Å². The van der Waals surface area contributed by atoms with Gasteiger partial charge in [-0.1, -0.05) is 23.7 Å². The van der Waals surface area contributed by atoms with Gasteiger partial charge in [-0.05, 0) is 29.5 Å². The number of halogens is 2. The Morgan fingerprint density at radius 2 is 2.12 bits per heavy atom. The Morgan fingerprint density at radius 3 is 2.80 bits per heavy atom. The number of ether oxygens (including phenoxy) is 1. The zero-order valence-electron chi connectivity index (χ0n) is 12.4. The van der Waals surface area contributed by atoms with Crippen molar-refractivity contribution in [2.45, 2.75) is 0 Å². The average Bonchev–Trinajstić information content (AvgIpc) is 2.56. The van der Waals surface area contributed by atoms with Crippen LogP contribution in [0, 0.1) is 15.9 Å². The maximum Gasteiger partial charge on any atom is 0.277 e. The van der Waals surface area contributed by atoms with Crippen molar-refractivity contribution in [2.24, 2.45) is 5.10 Å². The van der Waals surface area contributed by atoms with Gasteiger partial charge in [0.25, 0.3) is 11.6 Å². The molecular formula is C15H10ClFN3O5-. The number of carbonyl (C=O) groups excluding carboxylic acids is 1. The minimum absolute atomic E-state index is 0.0260. The number of nitro groups is 1. The van der Waals surface area contributed by atoms with E-state index in [0.717, 1.165) is 12.3 Å². The van der Waals surface area contributed by atoms with Crippen molar-refractivity contribution in [3.63, 3.8) is 0 Å². The molecule has 0 aliphatic carbocycles. The van der Waals surface area contributed by atoms with Crippen LogP contribution in [0.3, 0.4) is 0 Å². The summed E-state index contributed by atoms with van der Waals surface area (Å²) >= 11 is 5.69. The number of hydrazone groups is 1. The molecule has 0 unspecified atom stereocenters. The third-order valence-corrected chi connectivity index (χ3v) is 3.07. The van der Waals surface area contributed by atoms with Gasteiger partial charge in [0.1, 0.15) is 0 Å². The van der Waals surface area contributed by atoms with Crippen molar-refractivity contribution in [1.29, 1.82) is 0 Å². The van der Waals surface area contributed by atoms with E-state index in [1.54, 1.807) is 0 Å². The lowest BCUT2D eigenvalue weighted by molar-refractivity contribution is -0.398. The third-order valence-electron chi connectivity index (χ3n) is 2.85. The number of benzene rings is 2. The number of amides is 1. The standard InChI is InChI=1S/C15H11ClFN3O5/c16-10-5-9(15(22)12(6-10)20(23)24)7-18-19-14(21)8-25-13-4-2-1-3-11(13)17/h1-7,22H,8H2,(H,19,21)/p-1/b18-7-. The fourth-order valence-corrected chi connectivity index (χ4v) is 1.96. The lowest BCUT2D eigenvalue weighted by Gasteiger charge is -2.10. The van der Waals surface area contributed by atoms with Crippen molar-refractivity contribution in [1.82, 2.24) is 5.43 Å². The summed E-state index contributed by atoms with van der Waals surface area (Å²) in [5, 5.41) is 26.0. The smallest absolute Gasteiger partial charge is 0.277 e. The van der Waals surface area contributed by atoms with Crippen LogP contribution in [0.2, 0.25) is 5.02 Å². The molecule has 25 heavy (non-hydrogen) atoms. The highest BCUT2D eigenvalue weighted by molar-refractivity contribution is 6.31. The van der Waals surface area contributed by atoms with Crippen LogP contribution in [0.5, 0.6) is 11.5 Å². The Morgan fingerprint density at radius 1 is 1.40 bits per heavy atom. The second-order valence-corrected chi connectivity index (χ2v) is 5.05. The van der Waals surface area contributed by atoms with E-state index in [-0.39, 0.29) is 16.3 Å². The molecule has 1 amide bonds. The summed E-state index contributed by atoms with van der Waals surface area (Å²) in [4.78, 5) is 21.4. The molecule has 2 rings (SSSR count). The number of carbonyl (C=O) groups is 1. The molecule has 130 valence electrons. The number of hydrogen-bond acceptors (Lipinski definition) is 6. The van der Waals surface area contributed by atoms with Gasteiger partial charge < -0.3 is 9.84 Å². The molecule has 2 aromatic rings. The molecule has 0 heterocycles. The Hall–Kier alpha value is -3.20. The van der Waals surface area contributed by atoms with Crippen molar-refractivity contribution < 1.29 is 24.0 Å². The number of para-hydroxylation sites is 1. The second-order valence-electron chi connectivity index (χ2n) is 4.61. The molecule has 0 saturated heterocycles. The summed E-state index contributed by atoms with van der Waals surface area (Å²) in [5.74, 6) is -2.34. The summed E-state index contributed by atoms with van der Waals surface area (Å²) in [6.07, 6.45) is 0.919. The van der Waals surface area contributed by atoms with E-state index in [1.807, 2.05) is 5.43 Å². The molecule has 0 fully saturated rings. The third kappa shape index (κ3) is 4.88. The van der Waals surface area contributed by atoms with Crippen LogP contribution in [0.1, 0.15) is 5.56 Å². The quantitative estimate of drug-likeness (QED) is 0.476. The normalized spacial score (nSPS) is 10.6. The van der Waals surface area contributed by atoms with Gasteiger partial charge in [0, 0.05) is 11.1 Å². The van der Waals surface area contributed by atoms with Gasteiger partial charge >= 0.3 is 0 Å². The number of rotatable bonds is 6. The van der Waals surface area contributed by atoms with Crippen LogP contribution in [0.4, 0.5) is 10.1 Å². The van der Waals surface area contributed by atoms with E-state index in [4.69, 9.17) is 16.3 Å². The van der Waals surface area contributed by atoms with Gasteiger partial charge in [-0.3, -0.25) is 14.9 Å². The average molecular weight is 367 g/mol. The van der Waals surface area contributed by atoms with E-state index >= 15 is 0 Å². The van der Waals surface area contributed by atoms with Gasteiger partial charge in [0.15, 0.2) is 18.2 Å². The SMILES string of the molecule is O=C(COc1ccccc1F)N/N=C\c1cc(Cl)cc([N+](=O)[O-])c1[O-]. The minimum atomic E-state index is -0.894. The molecule has 0 saturated carbocycles. The highest BCUT2D eigenvalue weighted by atomic mass is 35.5. The zero-order valence-corrected chi connectivity index (χ0v) is 13.2. The van der Waals surface area contributed by atoms with Crippen molar-refractivity contribution in [2.75, 3.05) is 6.61 Å². The highest BCUT2D eigenvalue weighted by Gasteiger charge is 2.11. The highest BCUT2D eigenvalue weighted by Crippen LogP contribution is 2.29. The van der Waals surface area contributed by atoms with Crippen LogP contribution in [-0.2, 0) is 4.79 Å². The van der Waals surface area contributed by atoms with Gasteiger partial charge in [-0.15, -0.1) is 0 Å². The molecule has 0 bridgehead atoms. The number of nitrogens with one attached hydrogen (secondary N) is 1. The monoisotopic (exact) mass is 366 g/mol. The van der Waals surface area contributed by atoms with Gasteiger partial charge in [0.05, 0.1) is 11.1 Å². The number of nitro benzene ring substituents is 1. The molecule has 0 aliphatic heterocycles. The van der Waals surface area contributed by atoms with Crippen LogP contribution >= 0.6 is 11.6 Å². The Balaban J connectivity index is 1.98. The van der Waals surface area contributed by atoms with Gasteiger partial charge in [0.2, 0.25) is 0 Å². The molecule has 8 nitrogen and oxygen atoms in total. The van der Waals surface area contributed by atoms with Crippen molar-refractivity contribution in [3.8, 4) is 11.5 Å². The Kier molecular flexibility index (Phi) is 5.85. The first kappa shape index (κ1) is 18.1. The first-order chi connectivity index (χ1) is 11.9. The second kappa shape index (κ2) is 8.06. The molecule has 10 heteroatoms. The summed E-state index contributed by atoms with van der Waals surface area (Å²) in [7, 11) is 0. The van der Waals surface area contributed by atoms with E-state index < -0.39 is 34.7 Å². The van der Waals surface area contributed by atoms with Crippen molar-refractivity contribution >= 4 is 29.4 Å². The molecule has 0 atom stereocenters.